The van der Waals surface area contributed by atoms with Crippen LogP contribution in [0, 0.1) is 6.92 Å². The first-order valence-electron chi connectivity index (χ1n) is 9.57. The summed E-state index contributed by atoms with van der Waals surface area (Å²) in [6.07, 6.45) is -3.73. The molecule has 8 heteroatoms. The molecule has 2 aromatic rings. The lowest BCUT2D eigenvalue weighted by Gasteiger charge is -2.44. The highest BCUT2D eigenvalue weighted by Gasteiger charge is 2.45. The van der Waals surface area contributed by atoms with Gasteiger partial charge in [0, 0.05) is 31.0 Å². The zero-order valence-corrected chi connectivity index (χ0v) is 16.9. The summed E-state index contributed by atoms with van der Waals surface area (Å²) in [5.74, 6) is -0.245. The Hall–Kier alpha value is -2.54. The Morgan fingerprint density at radius 3 is 2.50 bits per heavy atom. The van der Waals surface area contributed by atoms with E-state index in [1.807, 2.05) is 6.92 Å². The SMILES string of the molecule is Cc1cc(Cl)cc2c1OC1(CCN(C(=O)c3ccccc3C(F)(F)F)CC1)CC2=O. The second-order valence-corrected chi connectivity index (χ2v) is 8.26. The molecule has 2 heterocycles. The van der Waals surface area contributed by atoms with E-state index in [4.69, 9.17) is 16.3 Å². The van der Waals surface area contributed by atoms with Crippen molar-refractivity contribution in [3.05, 3.63) is 63.7 Å². The topological polar surface area (TPSA) is 46.6 Å². The maximum absolute atomic E-state index is 13.3. The first-order chi connectivity index (χ1) is 14.1. The van der Waals surface area contributed by atoms with E-state index >= 15 is 0 Å². The van der Waals surface area contributed by atoms with E-state index < -0.39 is 23.2 Å². The minimum Gasteiger partial charge on any atom is -0.486 e. The highest BCUT2D eigenvalue weighted by atomic mass is 35.5. The minimum absolute atomic E-state index is 0.0796. The molecule has 0 saturated carbocycles. The van der Waals surface area contributed by atoms with E-state index in [1.54, 1.807) is 12.1 Å². The lowest BCUT2D eigenvalue weighted by molar-refractivity contribution is -0.138. The molecule has 2 aliphatic rings. The molecule has 0 N–H and O–H groups in total. The summed E-state index contributed by atoms with van der Waals surface area (Å²) in [6.45, 7) is 2.23. The molecule has 0 unspecified atom stereocenters. The van der Waals surface area contributed by atoms with E-state index in [0.717, 1.165) is 11.6 Å². The van der Waals surface area contributed by atoms with Gasteiger partial charge in [0.25, 0.3) is 5.91 Å². The number of alkyl halides is 3. The van der Waals surface area contributed by atoms with Gasteiger partial charge < -0.3 is 9.64 Å². The highest BCUT2D eigenvalue weighted by molar-refractivity contribution is 6.31. The lowest BCUT2D eigenvalue weighted by Crippen LogP contribution is -2.52. The minimum atomic E-state index is -4.61. The number of carbonyl (C=O) groups is 2. The van der Waals surface area contributed by atoms with Crippen molar-refractivity contribution >= 4 is 23.3 Å². The molecule has 30 heavy (non-hydrogen) atoms. The third-order valence-electron chi connectivity index (χ3n) is 5.77. The van der Waals surface area contributed by atoms with Crippen molar-refractivity contribution in [1.29, 1.82) is 0 Å². The zero-order chi connectivity index (χ0) is 21.7. The molecule has 2 aromatic carbocycles. The number of amides is 1. The number of halogens is 4. The van der Waals surface area contributed by atoms with Crippen molar-refractivity contribution in [3.63, 3.8) is 0 Å². The number of hydrogen-bond acceptors (Lipinski definition) is 3. The van der Waals surface area contributed by atoms with E-state index in [1.165, 1.54) is 23.1 Å². The zero-order valence-electron chi connectivity index (χ0n) is 16.2. The van der Waals surface area contributed by atoms with Crippen LogP contribution in [0.1, 0.15) is 51.1 Å². The number of fused-ring (bicyclic) bond motifs is 1. The molecule has 0 atom stereocenters. The Labute approximate surface area is 176 Å². The standard InChI is InChI=1S/C22H19ClF3NO3/c1-13-10-14(23)11-16-18(28)12-21(30-19(13)16)6-8-27(9-7-21)20(29)15-4-2-3-5-17(15)22(24,25)26/h2-5,10-11H,6-9,12H2,1H3. The number of benzene rings is 2. The van der Waals surface area contributed by atoms with Gasteiger partial charge in [0.2, 0.25) is 0 Å². The van der Waals surface area contributed by atoms with Crippen LogP contribution in [0.5, 0.6) is 5.75 Å². The molecule has 0 radical (unpaired) electrons. The molecule has 2 aliphatic heterocycles. The molecule has 1 fully saturated rings. The van der Waals surface area contributed by atoms with Crippen LogP contribution in [0.4, 0.5) is 13.2 Å². The summed E-state index contributed by atoms with van der Waals surface area (Å²) in [7, 11) is 0. The average molecular weight is 438 g/mol. The van der Waals surface area contributed by atoms with E-state index in [2.05, 4.69) is 0 Å². The summed E-state index contributed by atoms with van der Waals surface area (Å²) < 4.78 is 46.1. The van der Waals surface area contributed by atoms with Crippen LogP contribution < -0.4 is 4.74 Å². The summed E-state index contributed by atoms with van der Waals surface area (Å²) >= 11 is 6.05. The number of piperidine rings is 1. The van der Waals surface area contributed by atoms with Crippen LogP contribution in [0.3, 0.4) is 0 Å². The first kappa shape index (κ1) is 20.7. The van der Waals surface area contributed by atoms with Gasteiger partial charge in [-0.3, -0.25) is 9.59 Å². The Balaban J connectivity index is 1.54. The molecule has 1 saturated heterocycles. The van der Waals surface area contributed by atoms with E-state index in [-0.39, 0.29) is 30.9 Å². The number of Topliss-reactive ketones (excluding diaryl/α,β-unsaturated/α-hetero) is 1. The molecular weight excluding hydrogens is 419 g/mol. The van der Waals surface area contributed by atoms with Gasteiger partial charge in [0.05, 0.1) is 23.1 Å². The number of rotatable bonds is 1. The molecular formula is C22H19ClF3NO3. The summed E-state index contributed by atoms with van der Waals surface area (Å²) in [5.41, 5.74) is -0.868. The molecule has 0 bridgehead atoms. The molecule has 4 rings (SSSR count). The first-order valence-corrected chi connectivity index (χ1v) is 9.95. The molecule has 1 spiro atoms. The Kier molecular flexibility index (Phi) is 5.04. The molecule has 4 nitrogen and oxygen atoms in total. The Bertz CT molecular complexity index is 1030. The van der Waals surface area contributed by atoms with Gasteiger partial charge >= 0.3 is 6.18 Å². The van der Waals surface area contributed by atoms with Crippen LogP contribution >= 0.6 is 11.6 Å². The summed E-state index contributed by atoms with van der Waals surface area (Å²) in [6, 6.07) is 8.09. The smallest absolute Gasteiger partial charge is 0.417 e. The largest absolute Gasteiger partial charge is 0.486 e. The number of ether oxygens (including phenoxy) is 1. The third kappa shape index (κ3) is 3.67. The number of carbonyl (C=O) groups excluding carboxylic acids is 2. The van der Waals surface area contributed by atoms with Gasteiger partial charge in [-0.2, -0.15) is 13.2 Å². The van der Waals surface area contributed by atoms with Gasteiger partial charge in [-0.1, -0.05) is 23.7 Å². The van der Waals surface area contributed by atoms with Crippen molar-refractivity contribution < 1.29 is 27.5 Å². The molecule has 158 valence electrons. The Morgan fingerprint density at radius 1 is 1.17 bits per heavy atom. The second kappa shape index (κ2) is 7.30. The summed E-state index contributed by atoms with van der Waals surface area (Å²) in [4.78, 5) is 26.9. The van der Waals surface area contributed by atoms with Crippen molar-refractivity contribution in [2.45, 2.75) is 38.0 Å². The molecule has 0 aliphatic carbocycles. The second-order valence-electron chi connectivity index (χ2n) is 7.82. The number of nitrogens with zero attached hydrogens (tertiary/aromatic N) is 1. The van der Waals surface area contributed by atoms with Crippen molar-refractivity contribution in [3.8, 4) is 5.75 Å². The molecule has 1 amide bonds. The van der Waals surface area contributed by atoms with Crippen molar-refractivity contribution in [2.24, 2.45) is 0 Å². The maximum Gasteiger partial charge on any atom is 0.417 e. The highest BCUT2D eigenvalue weighted by Crippen LogP contribution is 2.42. The van der Waals surface area contributed by atoms with Gasteiger partial charge in [-0.25, -0.2) is 0 Å². The van der Waals surface area contributed by atoms with E-state index in [0.29, 0.717) is 29.2 Å². The van der Waals surface area contributed by atoms with Gasteiger partial charge in [-0.05, 0) is 36.8 Å². The third-order valence-corrected chi connectivity index (χ3v) is 5.98. The Morgan fingerprint density at radius 2 is 1.83 bits per heavy atom. The maximum atomic E-state index is 13.3. The normalized spacial score (nSPS) is 18.2. The number of aryl methyl sites for hydroxylation is 1. The monoisotopic (exact) mass is 437 g/mol. The quantitative estimate of drug-likeness (QED) is 0.607. The fourth-order valence-corrected chi connectivity index (χ4v) is 4.47. The van der Waals surface area contributed by atoms with Crippen LogP contribution in [0.25, 0.3) is 0 Å². The van der Waals surface area contributed by atoms with Gasteiger partial charge in [0.1, 0.15) is 11.4 Å². The van der Waals surface area contributed by atoms with E-state index in [9.17, 15) is 22.8 Å². The number of ketones is 1. The van der Waals surface area contributed by atoms with Crippen LogP contribution in [0.15, 0.2) is 36.4 Å². The fourth-order valence-electron chi connectivity index (χ4n) is 4.20. The van der Waals surface area contributed by atoms with Crippen LogP contribution in [0.2, 0.25) is 5.02 Å². The van der Waals surface area contributed by atoms with Gasteiger partial charge in [-0.15, -0.1) is 0 Å². The summed E-state index contributed by atoms with van der Waals surface area (Å²) in [5, 5.41) is 0.461. The molecule has 0 aromatic heterocycles. The number of hydrogen-bond donors (Lipinski definition) is 0. The van der Waals surface area contributed by atoms with Crippen LogP contribution in [-0.2, 0) is 6.18 Å². The van der Waals surface area contributed by atoms with Crippen LogP contribution in [-0.4, -0.2) is 35.3 Å². The fraction of sp³-hybridized carbons (Fsp3) is 0.364. The van der Waals surface area contributed by atoms with Gasteiger partial charge in [0.15, 0.2) is 5.78 Å². The predicted octanol–water partition coefficient (Wildman–Crippen LogP) is 5.31. The van der Waals surface area contributed by atoms with Crippen molar-refractivity contribution in [2.75, 3.05) is 13.1 Å². The predicted molar refractivity (Wildman–Crippen MR) is 105 cm³/mol. The van der Waals surface area contributed by atoms with Crippen molar-refractivity contribution in [1.82, 2.24) is 4.90 Å². The number of likely N-dealkylation sites (tertiary alicyclic amines) is 1. The average Bonchev–Trinajstić information content (AvgIpc) is 2.69. The lowest BCUT2D eigenvalue weighted by atomic mass is 9.82.